The minimum atomic E-state index is -0.758. The lowest BCUT2D eigenvalue weighted by Crippen LogP contribution is -2.43. The predicted octanol–water partition coefficient (Wildman–Crippen LogP) is 5.29. The van der Waals surface area contributed by atoms with Gasteiger partial charge in [-0.15, -0.1) is 0 Å². The summed E-state index contributed by atoms with van der Waals surface area (Å²) in [6.45, 7) is 5.54. The largest absolute Gasteiger partial charge is 0.456 e. The van der Waals surface area contributed by atoms with Crippen LogP contribution in [0.3, 0.4) is 0 Å². The summed E-state index contributed by atoms with van der Waals surface area (Å²) in [4.78, 5) is 37.9. The maximum Gasteiger partial charge on any atom is 0.408 e. The molecule has 0 aliphatic carbocycles. The Morgan fingerprint density at radius 3 is 1.91 bits per heavy atom. The van der Waals surface area contributed by atoms with Crippen LogP contribution in [0, 0.1) is 0 Å². The first-order valence-electron chi connectivity index (χ1n) is 11.6. The van der Waals surface area contributed by atoms with E-state index in [4.69, 9.17) is 9.47 Å². The summed E-state index contributed by atoms with van der Waals surface area (Å²) in [6.07, 6.45) is -0.204. The van der Waals surface area contributed by atoms with Gasteiger partial charge in [0, 0.05) is 6.42 Å². The Morgan fingerprint density at radius 1 is 0.771 bits per heavy atom. The van der Waals surface area contributed by atoms with Crippen molar-refractivity contribution in [3.05, 3.63) is 107 Å². The number of Topliss-reactive ketones (excluding diaryl/α,β-unsaturated/α-hetero) is 1. The highest BCUT2D eigenvalue weighted by molar-refractivity contribution is 5.91. The molecule has 0 fully saturated rings. The Hall–Kier alpha value is -3.93. The third-order valence-electron chi connectivity index (χ3n) is 5.14. The molecule has 0 aromatic heterocycles. The van der Waals surface area contributed by atoms with Gasteiger partial charge >= 0.3 is 12.1 Å². The number of carbonyl (C=O) groups is 3. The fourth-order valence-corrected chi connectivity index (χ4v) is 3.42. The number of ketones is 1. The van der Waals surface area contributed by atoms with E-state index in [1.165, 1.54) is 0 Å². The molecule has 0 radical (unpaired) electrons. The van der Waals surface area contributed by atoms with Gasteiger partial charge in [-0.1, -0.05) is 72.8 Å². The average Bonchev–Trinajstić information content (AvgIpc) is 2.83. The first-order valence-corrected chi connectivity index (χ1v) is 11.6. The second kappa shape index (κ2) is 12.0. The molecule has 3 rings (SSSR count). The first kappa shape index (κ1) is 25.7. The Labute approximate surface area is 206 Å². The van der Waals surface area contributed by atoms with E-state index in [1.807, 2.05) is 81.4 Å². The second-order valence-corrected chi connectivity index (χ2v) is 9.29. The van der Waals surface area contributed by atoms with Gasteiger partial charge in [-0.05, 0) is 56.0 Å². The van der Waals surface area contributed by atoms with Gasteiger partial charge in [-0.3, -0.25) is 4.79 Å². The number of alkyl carbamates (subject to hydrolysis) is 1. The zero-order valence-corrected chi connectivity index (χ0v) is 20.3. The highest BCUT2D eigenvalue weighted by Gasteiger charge is 2.23. The molecule has 0 saturated heterocycles. The molecule has 6 heteroatoms. The SMILES string of the molecule is CC(C)(C)OC(=O)c1ccc(CC(=O)[C@H](Cc2ccccc2)NC(=O)OCc2ccccc2)cc1. The predicted molar refractivity (Wildman–Crippen MR) is 134 cm³/mol. The molecule has 3 aromatic carbocycles. The van der Waals surface area contributed by atoms with Crippen molar-refractivity contribution in [1.82, 2.24) is 5.32 Å². The molecular weight excluding hydrogens is 442 g/mol. The number of carbonyl (C=O) groups excluding carboxylic acids is 3. The van der Waals surface area contributed by atoms with E-state index >= 15 is 0 Å². The summed E-state index contributed by atoms with van der Waals surface area (Å²) in [7, 11) is 0. The van der Waals surface area contributed by atoms with Crippen molar-refractivity contribution >= 4 is 17.8 Å². The van der Waals surface area contributed by atoms with Crippen LogP contribution in [-0.4, -0.2) is 29.5 Å². The molecule has 0 spiro atoms. The quantitative estimate of drug-likeness (QED) is 0.427. The van der Waals surface area contributed by atoms with Crippen molar-refractivity contribution in [1.29, 1.82) is 0 Å². The number of hydrogen-bond acceptors (Lipinski definition) is 5. The van der Waals surface area contributed by atoms with Crippen molar-refractivity contribution < 1.29 is 23.9 Å². The van der Waals surface area contributed by atoms with E-state index in [1.54, 1.807) is 24.3 Å². The number of rotatable bonds is 9. The third kappa shape index (κ3) is 8.74. The highest BCUT2D eigenvalue weighted by atomic mass is 16.6. The van der Waals surface area contributed by atoms with E-state index in [2.05, 4.69) is 5.32 Å². The normalized spacial score (nSPS) is 11.9. The molecule has 0 unspecified atom stereocenters. The Bertz CT molecular complexity index is 1120. The van der Waals surface area contributed by atoms with Crippen LogP contribution >= 0.6 is 0 Å². The zero-order valence-electron chi connectivity index (χ0n) is 20.3. The maximum absolute atomic E-state index is 13.2. The van der Waals surface area contributed by atoms with E-state index in [-0.39, 0.29) is 18.8 Å². The molecule has 0 saturated carbocycles. The van der Waals surface area contributed by atoms with Crippen LogP contribution in [0.4, 0.5) is 4.79 Å². The zero-order chi connectivity index (χ0) is 25.3. The van der Waals surface area contributed by atoms with Gasteiger partial charge in [0.2, 0.25) is 0 Å². The average molecular weight is 474 g/mol. The molecule has 1 amide bonds. The summed E-state index contributed by atoms with van der Waals surface area (Å²) in [5, 5.41) is 2.73. The topological polar surface area (TPSA) is 81.7 Å². The molecule has 0 aliphatic rings. The summed E-state index contributed by atoms with van der Waals surface area (Å²) < 4.78 is 10.7. The number of ether oxygens (including phenoxy) is 2. The number of nitrogens with one attached hydrogen (secondary N) is 1. The summed E-state index contributed by atoms with van der Waals surface area (Å²) in [5.74, 6) is -0.573. The molecule has 1 atom stereocenters. The lowest BCUT2D eigenvalue weighted by atomic mass is 9.97. The number of amides is 1. The Kier molecular flexibility index (Phi) is 8.79. The van der Waals surface area contributed by atoms with E-state index in [0.29, 0.717) is 12.0 Å². The molecule has 6 nitrogen and oxygen atoms in total. The first-order chi connectivity index (χ1) is 16.7. The van der Waals surface area contributed by atoms with Crippen LogP contribution in [0.2, 0.25) is 0 Å². The number of esters is 1. The Balaban J connectivity index is 1.65. The molecule has 0 bridgehead atoms. The van der Waals surface area contributed by atoms with Gasteiger partial charge in [0.1, 0.15) is 12.2 Å². The summed E-state index contributed by atoms with van der Waals surface area (Å²) >= 11 is 0. The van der Waals surface area contributed by atoms with Gasteiger partial charge in [0.05, 0.1) is 11.6 Å². The van der Waals surface area contributed by atoms with Crippen LogP contribution in [0.5, 0.6) is 0 Å². The van der Waals surface area contributed by atoms with Gasteiger partial charge in [-0.25, -0.2) is 9.59 Å². The van der Waals surface area contributed by atoms with Crippen molar-refractivity contribution in [2.24, 2.45) is 0 Å². The third-order valence-corrected chi connectivity index (χ3v) is 5.14. The highest BCUT2D eigenvalue weighted by Crippen LogP contribution is 2.14. The minimum Gasteiger partial charge on any atom is -0.456 e. The van der Waals surface area contributed by atoms with Crippen LogP contribution in [-0.2, 0) is 33.7 Å². The fraction of sp³-hybridized carbons (Fsp3) is 0.276. The summed E-state index contributed by atoms with van der Waals surface area (Å²) in [5.41, 5.74) is 2.35. The van der Waals surface area contributed by atoms with Crippen LogP contribution < -0.4 is 5.32 Å². The number of benzene rings is 3. The van der Waals surface area contributed by atoms with E-state index in [9.17, 15) is 14.4 Å². The van der Waals surface area contributed by atoms with E-state index in [0.717, 1.165) is 16.7 Å². The summed E-state index contributed by atoms with van der Waals surface area (Å²) in [6, 6.07) is 24.8. The van der Waals surface area contributed by atoms with E-state index < -0.39 is 23.7 Å². The monoisotopic (exact) mass is 473 g/mol. The fourth-order valence-electron chi connectivity index (χ4n) is 3.42. The molecular formula is C29H31NO5. The van der Waals surface area contributed by atoms with Gasteiger partial charge in [-0.2, -0.15) is 0 Å². The smallest absolute Gasteiger partial charge is 0.408 e. The van der Waals surface area contributed by atoms with Crippen molar-refractivity contribution in [2.45, 2.75) is 51.9 Å². The van der Waals surface area contributed by atoms with Crippen molar-refractivity contribution in [3.8, 4) is 0 Å². The molecule has 35 heavy (non-hydrogen) atoms. The second-order valence-electron chi connectivity index (χ2n) is 9.29. The number of hydrogen-bond donors (Lipinski definition) is 1. The molecule has 182 valence electrons. The van der Waals surface area contributed by atoms with Crippen LogP contribution in [0.25, 0.3) is 0 Å². The van der Waals surface area contributed by atoms with Gasteiger partial charge in [0.25, 0.3) is 0 Å². The maximum atomic E-state index is 13.2. The minimum absolute atomic E-state index is 0.102. The van der Waals surface area contributed by atoms with Crippen LogP contribution in [0.15, 0.2) is 84.9 Å². The Morgan fingerprint density at radius 2 is 1.34 bits per heavy atom. The van der Waals surface area contributed by atoms with Gasteiger partial charge < -0.3 is 14.8 Å². The lowest BCUT2D eigenvalue weighted by Gasteiger charge is -2.20. The van der Waals surface area contributed by atoms with Crippen molar-refractivity contribution in [2.75, 3.05) is 0 Å². The standard InChI is InChI=1S/C29H31NO5/c1-29(2,3)35-27(32)24-16-14-22(15-17-24)19-26(31)25(18-21-10-6-4-7-11-21)30-28(33)34-20-23-12-8-5-9-13-23/h4-17,25H,18-20H2,1-3H3,(H,30,33)/t25-/m0/s1. The molecule has 1 N–H and O–H groups in total. The lowest BCUT2D eigenvalue weighted by molar-refractivity contribution is -0.120. The molecule has 0 aliphatic heterocycles. The molecule has 3 aromatic rings. The van der Waals surface area contributed by atoms with Crippen molar-refractivity contribution in [3.63, 3.8) is 0 Å². The van der Waals surface area contributed by atoms with Crippen LogP contribution in [0.1, 0.15) is 47.8 Å². The molecule has 0 heterocycles. The van der Waals surface area contributed by atoms with Gasteiger partial charge in [0.15, 0.2) is 5.78 Å².